The van der Waals surface area contributed by atoms with E-state index in [2.05, 4.69) is 15.0 Å². The number of nitrogens with one attached hydrogen (secondary N) is 2. The number of sulfonamides is 1. The zero-order valence-electron chi connectivity index (χ0n) is 9.93. The van der Waals surface area contributed by atoms with Crippen LogP contribution in [0, 0.1) is 0 Å². The van der Waals surface area contributed by atoms with Gasteiger partial charge in [-0.05, 0) is 6.07 Å². The molecule has 0 aliphatic rings. The molecule has 0 radical (unpaired) electrons. The van der Waals surface area contributed by atoms with Crippen LogP contribution in [-0.2, 0) is 16.6 Å². The van der Waals surface area contributed by atoms with E-state index in [1.165, 1.54) is 0 Å². The first-order valence-electron chi connectivity index (χ1n) is 5.16. The number of hydrogen-bond acceptors (Lipinski definition) is 5. The Morgan fingerprint density at radius 3 is 2.76 bits per heavy atom. The molecular weight excluding hydrogens is 242 g/mol. The van der Waals surface area contributed by atoms with E-state index in [1.54, 1.807) is 13.2 Å². The van der Waals surface area contributed by atoms with Crippen LogP contribution in [-0.4, -0.2) is 39.9 Å². The fourth-order valence-corrected chi connectivity index (χ4v) is 1.68. The van der Waals surface area contributed by atoms with Gasteiger partial charge in [0.1, 0.15) is 0 Å². The van der Waals surface area contributed by atoms with Crippen LogP contribution in [0.2, 0.25) is 0 Å². The van der Waals surface area contributed by atoms with Crippen LogP contribution in [0.3, 0.4) is 0 Å². The minimum atomic E-state index is -3.11. The lowest BCUT2D eigenvalue weighted by Gasteiger charge is -2.06. The molecule has 6 nitrogen and oxygen atoms in total. The quantitative estimate of drug-likeness (QED) is 0.659. The van der Waals surface area contributed by atoms with Gasteiger partial charge in [0.2, 0.25) is 15.9 Å². The summed E-state index contributed by atoms with van der Waals surface area (Å²) >= 11 is 0. The molecule has 17 heavy (non-hydrogen) atoms. The Morgan fingerprint density at radius 2 is 2.12 bits per heavy atom. The topological polar surface area (TPSA) is 80.3 Å². The largest absolute Gasteiger partial charge is 0.481 e. The third kappa shape index (κ3) is 6.20. The van der Waals surface area contributed by atoms with Gasteiger partial charge in [-0.3, -0.25) is 0 Å². The van der Waals surface area contributed by atoms with Crippen LogP contribution in [0.4, 0.5) is 0 Å². The summed E-state index contributed by atoms with van der Waals surface area (Å²) in [4.78, 5) is 4.21. The van der Waals surface area contributed by atoms with Crippen molar-refractivity contribution in [2.75, 3.05) is 26.5 Å². The zero-order valence-corrected chi connectivity index (χ0v) is 10.8. The second-order valence-corrected chi connectivity index (χ2v) is 5.35. The second kappa shape index (κ2) is 6.53. The third-order valence-corrected chi connectivity index (χ3v) is 2.69. The minimum absolute atomic E-state index is 0.364. The summed E-state index contributed by atoms with van der Waals surface area (Å²) in [6, 6.07) is 5.51. The maximum Gasteiger partial charge on any atom is 0.213 e. The fourth-order valence-electron chi connectivity index (χ4n) is 1.21. The number of nitrogens with zero attached hydrogens (tertiary/aromatic N) is 1. The highest BCUT2D eigenvalue weighted by atomic mass is 32.2. The lowest BCUT2D eigenvalue weighted by molar-refractivity contribution is 0.395. The predicted molar refractivity (Wildman–Crippen MR) is 65.3 cm³/mol. The fraction of sp³-hybridized carbons (Fsp3) is 0.500. The predicted octanol–water partition coefficient (Wildman–Crippen LogP) is -0.271. The van der Waals surface area contributed by atoms with Crippen LogP contribution in [0.15, 0.2) is 18.2 Å². The van der Waals surface area contributed by atoms with Crippen molar-refractivity contribution >= 4 is 10.0 Å². The Labute approximate surface area is 101 Å². The summed E-state index contributed by atoms with van der Waals surface area (Å²) in [6.45, 7) is 1.48. The van der Waals surface area contributed by atoms with Gasteiger partial charge in [-0.2, -0.15) is 0 Å². The highest BCUT2D eigenvalue weighted by Gasteiger charge is 1.99. The molecule has 0 unspecified atom stereocenters. The van der Waals surface area contributed by atoms with E-state index >= 15 is 0 Å². The van der Waals surface area contributed by atoms with Crippen molar-refractivity contribution in [3.63, 3.8) is 0 Å². The molecule has 0 aliphatic carbocycles. The summed E-state index contributed by atoms with van der Waals surface area (Å²) in [5.41, 5.74) is 0.851. The standard InChI is InChI=1S/C10H17N3O3S/c1-16-10-5-3-4-9(13-10)8-11-6-7-12-17(2,14)15/h3-5,11-12H,6-8H2,1-2H3. The average molecular weight is 259 g/mol. The van der Waals surface area contributed by atoms with Crippen molar-refractivity contribution in [2.24, 2.45) is 0 Å². The molecule has 0 atom stereocenters. The molecular formula is C10H17N3O3S. The Hall–Kier alpha value is -1.18. The van der Waals surface area contributed by atoms with E-state index in [4.69, 9.17) is 4.74 Å². The van der Waals surface area contributed by atoms with Crippen LogP contribution in [0.5, 0.6) is 5.88 Å². The highest BCUT2D eigenvalue weighted by Crippen LogP contribution is 2.05. The van der Waals surface area contributed by atoms with Crippen molar-refractivity contribution < 1.29 is 13.2 Å². The van der Waals surface area contributed by atoms with Crippen molar-refractivity contribution in [3.05, 3.63) is 23.9 Å². The number of rotatable bonds is 7. The second-order valence-electron chi connectivity index (χ2n) is 3.51. The summed E-state index contributed by atoms with van der Waals surface area (Å²) < 4.78 is 29.0. The number of methoxy groups -OCH3 is 1. The van der Waals surface area contributed by atoms with Gasteiger partial charge in [-0.25, -0.2) is 18.1 Å². The Morgan fingerprint density at radius 1 is 1.35 bits per heavy atom. The lowest BCUT2D eigenvalue weighted by atomic mass is 10.3. The molecule has 0 spiro atoms. The Kier molecular flexibility index (Phi) is 5.33. The van der Waals surface area contributed by atoms with E-state index in [0.29, 0.717) is 25.5 Å². The SMILES string of the molecule is COc1cccc(CNCCNS(C)(=O)=O)n1. The molecule has 0 bridgehead atoms. The number of aromatic nitrogens is 1. The summed E-state index contributed by atoms with van der Waals surface area (Å²) in [7, 11) is -1.54. The maximum atomic E-state index is 10.8. The molecule has 0 saturated carbocycles. The van der Waals surface area contributed by atoms with Crippen molar-refractivity contribution in [1.82, 2.24) is 15.0 Å². The third-order valence-electron chi connectivity index (χ3n) is 1.96. The molecule has 96 valence electrons. The van der Waals surface area contributed by atoms with E-state index in [1.807, 2.05) is 12.1 Å². The van der Waals surface area contributed by atoms with Crippen molar-refractivity contribution in [2.45, 2.75) is 6.54 Å². The summed E-state index contributed by atoms with van der Waals surface area (Å²) in [5, 5.41) is 3.08. The molecule has 0 aromatic carbocycles. The smallest absolute Gasteiger partial charge is 0.213 e. The molecule has 7 heteroatoms. The monoisotopic (exact) mass is 259 g/mol. The highest BCUT2D eigenvalue weighted by molar-refractivity contribution is 7.88. The van der Waals surface area contributed by atoms with Gasteiger partial charge in [0.05, 0.1) is 19.1 Å². The number of pyridine rings is 1. The molecule has 1 heterocycles. The molecule has 0 aliphatic heterocycles. The van der Waals surface area contributed by atoms with E-state index in [-0.39, 0.29) is 0 Å². The summed E-state index contributed by atoms with van der Waals surface area (Å²) in [5.74, 6) is 0.568. The van der Waals surface area contributed by atoms with Crippen LogP contribution in [0.25, 0.3) is 0 Å². The Balaban J connectivity index is 2.26. The first-order chi connectivity index (χ1) is 8.01. The van der Waals surface area contributed by atoms with E-state index < -0.39 is 10.0 Å². The normalized spacial score (nSPS) is 11.4. The molecule has 0 amide bonds. The van der Waals surface area contributed by atoms with Crippen molar-refractivity contribution in [3.8, 4) is 5.88 Å². The lowest BCUT2D eigenvalue weighted by Crippen LogP contribution is -2.30. The van der Waals surface area contributed by atoms with Crippen LogP contribution < -0.4 is 14.8 Å². The Bertz CT molecular complexity index is 448. The first-order valence-corrected chi connectivity index (χ1v) is 7.05. The number of hydrogen-bond donors (Lipinski definition) is 2. The van der Waals surface area contributed by atoms with Gasteiger partial charge in [-0.1, -0.05) is 6.07 Å². The van der Waals surface area contributed by atoms with Gasteiger partial charge in [-0.15, -0.1) is 0 Å². The molecule has 1 aromatic heterocycles. The maximum absolute atomic E-state index is 10.8. The molecule has 0 fully saturated rings. The minimum Gasteiger partial charge on any atom is -0.481 e. The van der Waals surface area contributed by atoms with Gasteiger partial charge in [0.25, 0.3) is 0 Å². The summed E-state index contributed by atoms with van der Waals surface area (Å²) in [6.07, 6.45) is 1.14. The van der Waals surface area contributed by atoms with Gasteiger partial charge >= 0.3 is 0 Å². The first kappa shape index (κ1) is 13.9. The van der Waals surface area contributed by atoms with Gasteiger partial charge in [0.15, 0.2) is 0 Å². The van der Waals surface area contributed by atoms with Gasteiger partial charge < -0.3 is 10.1 Å². The molecule has 2 N–H and O–H groups in total. The molecule has 1 aromatic rings. The van der Waals surface area contributed by atoms with Crippen LogP contribution >= 0.6 is 0 Å². The number of ether oxygens (including phenoxy) is 1. The molecule has 0 saturated heterocycles. The molecule has 1 rings (SSSR count). The average Bonchev–Trinajstić information content (AvgIpc) is 2.27. The van der Waals surface area contributed by atoms with Crippen LogP contribution in [0.1, 0.15) is 5.69 Å². The van der Waals surface area contributed by atoms with Crippen molar-refractivity contribution in [1.29, 1.82) is 0 Å². The zero-order chi connectivity index (χ0) is 12.7. The van der Waals surface area contributed by atoms with E-state index in [0.717, 1.165) is 11.9 Å². The van der Waals surface area contributed by atoms with Gasteiger partial charge in [0, 0.05) is 25.7 Å². The van der Waals surface area contributed by atoms with E-state index in [9.17, 15) is 8.42 Å².